The van der Waals surface area contributed by atoms with Gasteiger partial charge in [-0.1, -0.05) is 44.2 Å². The second kappa shape index (κ2) is 13.8. The highest BCUT2D eigenvalue weighted by Gasteiger charge is 2.27. The third-order valence-electron chi connectivity index (χ3n) is 4.94. The number of hydrogen-bond donors (Lipinski definition) is 2. The molecule has 1 fully saturated rings. The average molecular weight is 515 g/mol. The molecule has 1 aliphatic heterocycles. The lowest BCUT2D eigenvalue weighted by molar-refractivity contribution is -0.133. The van der Waals surface area contributed by atoms with E-state index in [4.69, 9.17) is 4.99 Å². The molecular weight excluding hydrogens is 477 g/mol. The van der Waals surface area contributed by atoms with Crippen LogP contribution in [0, 0.1) is 5.92 Å². The van der Waals surface area contributed by atoms with Crippen LogP contribution in [0.2, 0.25) is 0 Å². The molecule has 29 heavy (non-hydrogen) atoms. The number of amides is 1. The summed E-state index contributed by atoms with van der Waals surface area (Å²) in [5.41, 5.74) is 1.34. The number of rotatable bonds is 9. The number of carbonyl (C=O) groups is 1. The Labute approximate surface area is 193 Å². The Bertz CT molecular complexity index is 623. The SMILES string of the molecule is CCNC(=NCCCN(C)Cc1ccccc1)NC1CCN(C(=O)C(C)C)C1.I. The molecule has 1 atom stereocenters. The van der Waals surface area contributed by atoms with E-state index in [2.05, 4.69) is 59.8 Å². The molecule has 164 valence electrons. The molecule has 6 nitrogen and oxygen atoms in total. The topological polar surface area (TPSA) is 60.0 Å². The minimum absolute atomic E-state index is 0. The van der Waals surface area contributed by atoms with Crippen molar-refractivity contribution < 1.29 is 4.79 Å². The fourth-order valence-corrected chi connectivity index (χ4v) is 3.46. The maximum absolute atomic E-state index is 12.2. The van der Waals surface area contributed by atoms with Gasteiger partial charge in [0.05, 0.1) is 0 Å². The molecule has 1 heterocycles. The Morgan fingerprint density at radius 2 is 2.03 bits per heavy atom. The fourth-order valence-electron chi connectivity index (χ4n) is 3.46. The van der Waals surface area contributed by atoms with Gasteiger partial charge in [-0.3, -0.25) is 9.79 Å². The molecule has 1 aromatic carbocycles. The number of nitrogens with one attached hydrogen (secondary N) is 2. The standard InChI is InChI=1S/C22H37N5O.HI/c1-5-23-22(25-20-12-15-27(17-20)21(28)18(2)3)24-13-9-14-26(4)16-19-10-7-6-8-11-19;/h6-8,10-11,18,20H,5,9,12-17H2,1-4H3,(H2,23,24,25);1H. The van der Waals surface area contributed by atoms with Crippen LogP contribution in [0.1, 0.15) is 39.2 Å². The monoisotopic (exact) mass is 515 g/mol. The van der Waals surface area contributed by atoms with Crippen LogP contribution in [0.5, 0.6) is 0 Å². The van der Waals surface area contributed by atoms with Crippen molar-refractivity contribution in [3.05, 3.63) is 35.9 Å². The third kappa shape index (κ3) is 9.33. The Hall–Kier alpha value is -1.35. The molecule has 1 saturated heterocycles. The molecule has 0 saturated carbocycles. The van der Waals surface area contributed by atoms with Gasteiger partial charge in [0.2, 0.25) is 5.91 Å². The smallest absolute Gasteiger partial charge is 0.225 e. The van der Waals surface area contributed by atoms with Crippen molar-refractivity contribution in [3.63, 3.8) is 0 Å². The van der Waals surface area contributed by atoms with Gasteiger partial charge in [0.25, 0.3) is 0 Å². The van der Waals surface area contributed by atoms with E-state index in [1.165, 1.54) is 5.56 Å². The molecule has 0 spiro atoms. The molecule has 1 unspecified atom stereocenters. The number of carbonyl (C=O) groups excluding carboxylic acids is 1. The Balaban J connectivity index is 0.00000420. The Kier molecular flexibility index (Phi) is 12.2. The number of aliphatic imine (C=N–C) groups is 1. The van der Waals surface area contributed by atoms with Crippen LogP contribution in [-0.4, -0.2) is 67.5 Å². The second-order valence-electron chi connectivity index (χ2n) is 7.91. The summed E-state index contributed by atoms with van der Waals surface area (Å²) in [6.45, 7) is 11.2. The van der Waals surface area contributed by atoms with Crippen LogP contribution >= 0.6 is 24.0 Å². The predicted molar refractivity (Wildman–Crippen MR) is 132 cm³/mol. The first kappa shape index (κ1) is 25.7. The van der Waals surface area contributed by atoms with E-state index in [-0.39, 0.29) is 41.8 Å². The Morgan fingerprint density at radius 1 is 1.31 bits per heavy atom. The lowest BCUT2D eigenvalue weighted by Gasteiger charge is -2.20. The summed E-state index contributed by atoms with van der Waals surface area (Å²) in [5.74, 6) is 1.17. The normalized spacial score (nSPS) is 16.8. The van der Waals surface area contributed by atoms with Gasteiger partial charge in [0, 0.05) is 44.7 Å². The van der Waals surface area contributed by atoms with Gasteiger partial charge in [-0.15, -0.1) is 24.0 Å². The van der Waals surface area contributed by atoms with Gasteiger partial charge in [0.15, 0.2) is 5.96 Å². The first-order valence-electron chi connectivity index (χ1n) is 10.6. The first-order chi connectivity index (χ1) is 13.5. The van der Waals surface area contributed by atoms with Crippen molar-refractivity contribution in [2.75, 3.05) is 39.8 Å². The highest BCUT2D eigenvalue weighted by atomic mass is 127. The molecule has 1 amide bonds. The maximum Gasteiger partial charge on any atom is 0.225 e. The van der Waals surface area contributed by atoms with Gasteiger partial charge in [-0.05, 0) is 38.9 Å². The van der Waals surface area contributed by atoms with Gasteiger partial charge in [-0.25, -0.2) is 0 Å². The van der Waals surface area contributed by atoms with E-state index in [0.717, 1.165) is 58.1 Å². The van der Waals surface area contributed by atoms with Crippen molar-refractivity contribution in [1.29, 1.82) is 0 Å². The van der Waals surface area contributed by atoms with Crippen LogP contribution in [0.25, 0.3) is 0 Å². The molecule has 7 heteroatoms. The fraction of sp³-hybridized carbons (Fsp3) is 0.636. The number of benzene rings is 1. The molecular formula is C22H38IN5O. The van der Waals surface area contributed by atoms with Crippen LogP contribution in [-0.2, 0) is 11.3 Å². The van der Waals surface area contributed by atoms with Crippen molar-refractivity contribution in [2.24, 2.45) is 10.9 Å². The zero-order chi connectivity index (χ0) is 20.4. The zero-order valence-corrected chi connectivity index (χ0v) is 20.7. The lowest BCUT2D eigenvalue weighted by atomic mass is 10.2. The maximum atomic E-state index is 12.2. The largest absolute Gasteiger partial charge is 0.357 e. The number of likely N-dealkylation sites (tertiary alicyclic amines) is 1. The van der Waals surface area contributed by atoms with Gasteiger partial charge < -0.3 is 20.4 Å². The summed E-state index contributed by atoms with van der Waals surface area (Å²) < 4.78 is 0. The second-order valence-corrected chi connectivity index (χ2v) is 7.91. The first-order valence-corrected chi connectivity index (χ1v) is 10.6. The van der Waals surface area contributed by atoms with E-state index in [0.29, 0.717) is 0 Å². The number of guanidine groups is 1. The van der Waals surface area contributed by atoms with Gasteiger partial charge in [-0.2, -0.15) is 0 Å². The number of nitrogens with zero attached hydrogens (tertiary/aromatic N) is 3. The molecule has 2 N–H and O–H groups in total. The average Bonchev–Trinajstić information content (AvgIpc) is 3.13. The number of hydrogen-bond acceptors (Lipinski definition) is 3. The minimum Gasteiger partial charge on any atom is -0.357 e. The van der Waals surface area contributed by atoms with E-state index >= 15 is 0 Å². The predicted octanol–water partition coefficient (Wildman–Crippen LogP) is 2.94. The Morgan fingerprint density at radius 3 is 2.69 bits per heavy atom. The minimum atomic E-state index is 0. The number of halogens is 1. The third-order valence-corrected chi connectivity index (χ3v) is 4.94. The lowest BCUT2D eigenvalue weighted by Crippen LogP contribution is -2.45. The van der Waals surface area contributed by atoms with Crippen LogP contribution in [0.3, 0.4) is 0 Å². The summed E-state index contributed by atoms with van der Waals surface area (Å²) in [6, 6.07) is 10.8. The summed E-state index contributed by atoms with van der Waals surface area (Å²) >= 11 is 0. The molecule has 0 radical (unpaired) electrons. The van der Waals surface area contributed by atoms with Crippen LogP contribution in [0.15, 0.2) is 35.3 Å². The molecule has 1 aliphatic rings. The highest BCUT2D eigenvalue weighted by molar-refractivity contribution is 14.0. The summed E-state index contributed by atoms with van der Waals surface area (Å²) in [6.07, 6.45) is 1.99. The highest BCUT2D eigenvalue weighted by Crippen LogP contribution is 2.12. The van der Waals surface area contributed by atoms with E-state index in [9.17, 15) is 4.79 Å². The van der Waals surface area contributed by atoms with E-state index in [1.54, 1.807) is 0 Å². The molecule has 0 aliphatic carbocycles. The molecule has 0 aromatic heterocycles. The summed E-state index contributed by atoms with van der Waals surface area (Å²) in [7, 11) is 2.15. The van der Waals surface area contributed by atoms with Crippen molar-refractivity contribution >= 4 is 35.8 Å². The van der Waals surface area contributed by atoms with Crippen molar-refractivity contribution in [2.45, 2.75) is 46.2 Å². The molecule has 0 bridgehead atoms. The van der Waals surface area contributed by atoms with E-state index < -0.39 is 0 Å². The quantitative estimate of drug-likeness (QED) is 0.230. The van der Waals surface area contributed by atoms with Crippen molar-refractivity contribution in [3.8, 4) is 0 Å². The molecule has 1 aromatic rings. The zero-order valence-electron chi connectivity index (χ0n) is 18.4. The van der Waals surface area contributed by atoms with Crippen molar-refractivity contribution in [1.82, 2.24) is 20.4 Å². The summed E-state index contributed by atoms with van der Waals surface area (Å²) in [5, 5.41) is 6.83. The molecule has 2 rings (SSSR count). The summed E-state index contributed by atoms with van der Waals surface area (Å²) in [4.78, 5) is 21.2. The van der Waals surface area contributed by atoms with Crippen LogP contribution < -0.4 is 10.6 Å². The van der Waals surface area contributed by atoms with Gasteiger partial charge >= 0.3 is 0 Å². The van der Waals surface area contributed by atoms with Crippen LogP contribution in [0.4, 0.5) is 0 Å². The van der Waals surface area contributed by atoms with E-state index in [1.807, 2.05) is 18.7 Å². The van der Waals surface area contributed by atoms with Gasteiger partial charge in [0.1, 0.15) is 0 Å².